The van der Waals surface area contributed by atoms with Gasteiger partial charge >= 0.3 is 5.69 Å². The number of thiophene rings is 2. The van der Waals surface area contributed by atoms with E-state index >= 15 is 0 Å². The molecule has 0 N–H and O–H groups in total. The van der Waals surface area contributed by atoms with Crippen LogP contribution < -0.4 is 11.2 Å². The van der Waals surface area contributed by atoms with E-state index < -0.39 is 5.69 Å². The lowest BCUT2D eigenvalue weighted by Crippen LogP contribution is -2.45. The molecule has 0 unspecified atom stereocenters. The molecule has 0 bridgehead atoms. The first kappa shape index (κ1) is 20.1. The third kappa shape index (κ3) is 4.09. The topological polar surface area (TPSA) is 64.3 Å². The van der Waals surface area contributed by atoms with Crippen LogP contribution in [0.2, 0.25) is 0 Å². The number of hydrogen-bond acceptors (Lipinski definition) is 5. The van der Waals surface area contributed by atoms with Gasteiger partial charge in [-0.25, -0.2) is 4.79 Å². The van der Waals surface area contributed by atoms with Gasteiger partial charge in [-0.15, -0.1) is 22.7 Å². The Morgan fingerprint density at radius 2 is 1.90 bits per heavy atom. The summed E-state index contributed by atoms with van der Waals surface area (Å²) >= 11 is 2.93. The predicted octanol–water partition coefficient (Wildman–Crippen LogP) is 3.32. The Kier molecular flexibility index (Phi) is 6.01. The zero-order valence-electron chi connectivity index (χ0n) is 16.5. The highest BCUT2D eigenvalue weighted by Gasteiger charge is 2.24. The molecule has 3 aromatic rings. The van der Waals surface area contributed by atoms with Crippen LogP contribution in [0.15, 0.2) is 38.5 Å². The molecule has 154 valence electrons. The lowest BCUT2D eigenvalue weighted by atomic mass is 9.94. The largest absolute Gasteiger partial charge is 0.341 e. The Morgan fingerprint density at radius 3 is 2.62 bits per heavy atom. The van der Waals surface area contributed by atoms with E-state index in [-0.39, 0.29) is 24.1 Å². The average Bonchev–Trinajstić information content (AvgIpc) is 3.43. The maximum atomic E-state index is 13.2. The first-order valence-electron chi connectivity index (χ1n) is 10.0. The van der Waals surface area contributed by atoms with Crippen molar-refractivity contribution in [2.45, 2.75) is 57.7 Å². The smallest absolute Gasteiger partial charge is 0.332 e. The molecule has 8 heteroatoms. The van der Waals surface area contributed by atoms with E-state index in [1.807, 2.05) is 24.6 Å². The summed E-state index contributed by atoms with van der Waals surface area (Å²) in [5.74, 6) is -0.0741. The molecule has 0 atom stereocenters. The molecule has 0 saturated heterocycles. The van der Waals surface area contributed by atoms with Gasteiger partial charge in [-0.2, -0.15) is 0 Å². The SMILES string of the molecule is CN(C(=O)Cn1c(=O)n(CCc2cccs2)c(=O)c2sccc21)C1CCCCC1. The summed E-state index contributed by atoms with van der Waals surface area (Å²) in [6, 6.07) is 5.97. The zero-order valence-corrected chi connectivity index (χ0v) is 18.1. The minimum Gasteiger partial charge on any atom is -0.341 e. The summed E-state index contributed by atoms with van der Waals surface area (Å²) in [5, 5.41) is 3.79. The van der Waals surface area contributed by atoms with Crippen molar-refractivity contribution in [2.75, 3.05) is 7.05 Å². The maximum Gasteiger partial charge on any atom is 0.332 e. The summed E-state index contributed by atoms with van der Waals surface area (Å²) in [7, 11) is 1.83. The average molecular weight is 432 g/mol. The fourth-order valence-corrected chi connectivity index (χ4v) is 5.62. The molecule has 1 amide bonds. The molecular weight excluding hydrogens is 406 g/mol. The molecule has 0 radical (unpaired) electrons. The van der Waals surface area contributed by atoms with Gasteiger partial charge in [-0.3, -0.25) is 18.7 Å². The molecule has 1 saturated carbocycles. The van der Waals surface area contributed by atoms with E-state index in [1.54, 1.807) is 27.7 Å². The summed E-state index contributed by atoms with van der Waals surface area (Å²) in [5.41, 5.74) is -0.105. The van der Waals surface area contributed by atoms with Crippen LogP contribution in [-0.4, -0.2) is 33.0 Å². The summed E-state index contributed by atoms with van der Waals surface area (Å²) in [6.45, 7) is 0.289. The van der Waals surface area contributed by atoms with E-state index in [9.17, 15) is 14.4 Å². The highest BCUT2D eigenvalue weighted by Crippen LogP contribution is 2.22. The number of hydrogen-bond donors (Lipinski definition) is 0. The molecule has 0 aliphatic heterocycles. The Balaban J connectivity index is 1.64. The van der Waals surface area contributed by atoms with Crippen LogP contribution in [0.3, 0.4) is 0 Å². The van der Waals surface area contributed by atoms with Crippen LogP contribution in [0.5, 0.6) is 0 Å². The molecule has 3 aromatic heterocycles. The number of aryl methyl sites for hydroxylation is 1. The Labute approximate surface area is 177 Å². The number of fused-ring (bicyclic) bond motifs is 1. The van der Waals surface area contributed by atoms with E-state index in [0.717, 1.165) is 30.6 Å². The summed E-state index contributed by atoms with van der Waals surface area (Å²) in [4.78, 5) is 41.9. The fraction of sp³-hybridized carbons (Fsp3) is 0.476. The second-order valence-electron chi connectivity index (χ2n) is 7.59. The highest BCUT2D eigenvalue weighted by atomic mass is 32.1. The van der Waals surface area contributed by atoms with Crippen LogP contribution in [0.1, 0.15) is 37.0 Å². The number of likely N-dealkylation sites (N-methyl/N-ethyl adjacent to an activating group) is 1. The molecule has 3 heterocycles. The van der Waals surface area contributed by atoms with Crippen LogP contribution in [-0.2, 0) is 24.3 Å². The van der Waals surface area contributed by atoms with Gasteiger partial charge in [0.05, 0.1) is 5.52 Å². The molecule has 1 aliphatic carbocycles. The lowest BCUT2D eigenvalue weighted by molar-refractivity contribution is -0.133. The second kappa shape index (κ2) is 8.67. The predicted molar refractivity (Wildman–Crippen MR) is 118 cm³/mol. The van der Waals surface area contributed by atoms with Crippen molar-refractivity contribution in [1.82, 2.24) is 14.0 Å². The molecule has 0 spiro atoms. The summed E-state index contributed by atoms with van der Waals surface area (Å²) < 4.78 is 3.29. The fourth-order valence-electron chi connectivity index (χ4n) is 4.08. The van der Waals surface area contributed by atoms with Crippen LogP contribution in [0.4, 0.5) is 0 Å². The van der Waals surface area contributed by atoms with Crippen LogP contribution >= 0.6 is 22.7 Å². The zero-order chi connectivity index (χ0) is 20.4. The standard InChI is InChI=1S/C21H25N3O3S2/c1-22(15-6-3-2-4-7-15)18(25)14-24-17-10-13-29-19(17)20(26)23(21(24)27)11-9-16-8-5-12-28-16/h5,8,10,12-13,15H,2-4,6-7,9,11,14H2,1H3. The van der Waals surface area contributed by atoms with Crippen molar-refractivity contribution in [2.24, 2.45) is 0 Å². The van der Waals surface area contributed by atoms with Gasteiger partial charge in [-0.1, -0.05) is 25.3 Å². The molecule has 29 heavy (non-hydrogen) atoms. The van der Waals surface area contributed by atoms with Gasteiger partial charge in [0.15, 0.2) is 0 Å². The van der Waals surface area contributed by atoms with Crippen molar-refractivity contribution >= 4 is 38.8 Å². The Bertz CT molecular complexity index is 1100. The number of nitrogens with zero attached hydrogens (tertiary/aromatic N) is 3. The van der Waals surface area contributed by atoms with Gasteiger partial charge in [0.2, 0.25) is 5.91 Å². The van der Waals surface area contributed by atoms with Gasteiger partial charge in [-0.05, 0) is 42.2 Å². The van der Waals surface area contributed by atoms with Crippen molar-refractivity contribution in [3.05, 3.63) is 54.7 Å². The number of amides is 1. The van der Waals surface area contributed by atoms with Crippen LogP contribution in [0, 0.1) is 0 Å². The van der Waals surface area contributed by atoms with Gasteiger partial charge in [0.1, 0.15) is 11.2 Å². The summed E-state index contributed by atoms with van der Waals surface area (Å²) in [6.07, 6.45) is 6.17. The first-order valence-corrected chi connectivity index (χ1v) is 11.8. The highest BCUT2D eigenvalue weighted by molar-refractivity contribution is 7.17. The normalized spacial score (nSPS) is 15.1. The minimum atomic E-state index is -0.400. The van der Waals surface area contributed by atoms with E-state index in [1.165, 1.54) is 26.9 Å². The van der Waals surface area contributed by atoms with E-state index in [4.69, 9.17) is 0 Å². The molecule has 6 nitrogen and oxygen atoms in total. The number of carbonyl (C=O) groups excluding carboxylic acids is 1. The molecule has 0 aromatic carbocycles. The molecule has 4 rings (SSSR count). The maximum absolute atomic E-state index is 13.2. The van der Waals surface area contributed by atoms with E-state index in [2.05, 4.69) is 0 Å². The van der Waals surface area contributed by atoms with Gasteiger partial charge < -0.3 is 4.90 Å². The quantitative estimate of drug-likeness (QED) is 0.601. The Morgan fingerprint density at radius 1 is 1.10 bits per heavy atom. The van der Waals surface area contributed by atoms with Crippen molar-refractivity contribution in [3.8, 4) is 0 Å². The number of rotatable bonds is 6. The minimum absolute atomic E-state index is 0.0294. The van der Waals surface area contributed by atoms with Crippen LogP contribution in [0.25, 0.3) is 10.2 Å². The first-order chi connectivity index (χ1) is 14.1. The van der Waals surface area contributed by atoms with Gasteiger partial charge in [0.25, 0.3) is 5.56 Å². The number of aromatic nitrogens is 2. The second-order valence-corrected chi connectivity index (χ2v) is 9.53. The van der Waals surface area contributed by atoms with Crippen molar-refractivity contribution in [3.63, 3.8) is 0 Å². The van der Waals surface area contributed by atoms with E-state index in [0.29, 0.717) is 23.2 Å². The Hall–Kier alpha value is -2.19. The van der Waals surface area contributed by atoms with Gasteiger partial charge in [0, 0.05) is 24.5 Å². The molecule has 1 aliphatic rings. The number of carbonyl (C=O) groups is 1. The third-order valence-electron chi connectivity index (χ3n) is 5.81. The third-order valence-corrected chi connectivity index (χ3v) is 7.64. The molecule has 1 fully saturated rings. The monoisotopic (exact) mass is 431 g/mol. The lowest BCUT2D eigenvalue weighted by Gasteiger charge is -2.31. The van der Waals surface area contributed by atoms with Crippen molar-refractivity contribution < 1.29 is 4.79 Å². The molecular formula is C21H25N3O3S2. The van der Waals surface area contributed by atoms with Crippen molar-refractivity contribution in [1.29, 1.82) is 0 Å².